The van der Waals surface area contributed by atoms with Gasteiger partial charge in [0, 0.05) is 12.1 Å². The van der Waals surface area contributed by atoms with E-state index in [0.29, 0.717) is 12.3 Å². The summed E-state index contributed by atoms with van der Waals surface area (Å²) in [5.74, 6) is 1.24. The summed E-state index contributed by atoms with van der Waals surface area (Å²) in [6.45, 7) is 0.574. The average molecular weight is 215 g/mol. The Morgan fingerprint density at radius 3 is 2.88 bits per heavy atom. The molecule has 0 unspecified atom stereocenters. The molecule has 0 fully saturated rings. The molecule has 16 heavy (non-hydrogen) atoms. The zero-order chi connectivity index (χ0) is 11.0. The van der Waals surface area contributed by atoms with Crippen molar-refractivity contribution in [2.75, 3.05) is 5.32 Å². The molecule has 0 saturated heterocycles. The zero-order valence-electron chi connectivity index (χ0n) is 8.53. The molecule has 1 aliphatic rings. The van der Waals surface area contributed by atoms with Crippen LogP contribution in [0.2, 0.25) is 0 Å². The summed E-state index contributed by atoms with van der Waals surface area (Å²) in [6, 6.07) is 12.2. The van der Waals surface area contributed by atoms with Crippen molar-refractivity contribution in [3.05, 3.63) is 53.8 Å². The molecule has 0 atom stereocenters. The lowest BCUT2D eigenvalue weighted by Gasteiger charge is -2.07. The van der Waals surface area contributed by atoms with Gasteiger partial charge in [0.2, 0.25) is 0 Å². The molecule has 0 saturated carbocycles. The Labute approximate surface area is 92.7 Å². The van der Waals surface area contributed by atoms with Gasteiger partial charge in [-0.05, 0) is 30.3 Å². The molecule has 3 rings (SSSR count). The fourth-order valence-electron chi connectivity index (χ4n) is 1.80. The van der Waals surface area contributed by atoms with E-state index in [0.717, 1.165) is 17.0 Å². The summed E-state index contributed by atoms with van der Waals surface area (Å²) in [6.07, 6.45) is 0. The second kappa shape index (κ2) is 3.52. The fraction of sp³-hybridized carbons (Fsp3) is 0.0769. The molecule has 0 amide bonds. The molecule has 0 aromatic heterocycles. The smallest absolute Gasteiger partial charge is 0.150 e. The third kappa shape index (κ3) is 1.50. The van der Waals surface area contributed by atoms with E-state index in [4.69, 9.17) is 4.74 Å². The van der Waals surface area contributed by atoms with Gasteiger partial charge in [-0.15, -0.1) is 0 Å². The second-order valence-corrected chi connectivity index (χ2v) is 3.70. The molecule has 2 aromatic rings. The molecule has 1 N–H and O–H groups in total. The van der Waals surface area contributed by atoms with Gasteiger partial charge in [-0.1, -0.05) is 12.1 Å². The van der Waals surface area contributed by atoms with Crippen LogP contribution in [0.4, 0.5) is 10.1 Å². The van der Waals surface area contributed by atoms with Gasteiger partial charge in [0.15, 0.2) is 5.75 Å². The third-order valence-corrected chi connectivity index (χ3v) is 2.60. The third-order valence-electron chi connectivity index (χ3n) is 2.60. The molecule has 0 bridgehead atoms. The maximum atomic E-state index is 13.1. The highest BCUT2D eigenvalue weighted by atomic mass is 19.1. The van der Waals surface area contributed by atoms with Gasteiger partial charge in [0.05, 0.1) is 5.69 Å². The molecule has 1 heterocycles. The summed E-state index contributed by atoms with van der Waals surface area (Å²) < 4.78 is 18.8. The summed E-state index contributed by atoms with van der Waals surface area (Å²) in [5, 5.41) is 3.22. The van der Waals surface area contributed by atoms with E-state index in [1.54, 1.807) is 6.07 Å². The van der Waals surface area contributed by atoms with Crippen LogP contribution in [-0.4, -0.2) is 0 Å². The van der Waals surface area contributed by atoms with E-state index in [-0.39, 0.29) is 5.82 Å². The van der Waals surface area contributed by atoms with Crippen LogP contribution in [0.25, 0.3) is 0 Å². The lowest BCUT2D eigenvalue weighted by Crippen LogP contribution is -1.97. The van der Waals surface area contributed by atoms with Crippen LogP contribution in [0.15, 0.2) is 42.5 Å². The van der Waals surface area contributed by atoms with E-state index in [2.05, 4.69) is 5.32 Å². The van der Waals surface area contributed by atoms with Crippen LogP contribution < -0.4 is 10.1 Å². The molecule has 0 aliphatic carbocycles. The Hall–Kier alpha value is -2.03. The predicted octanol–water partition coefficient (Wildman–Crippen LogP) is 3.54. The Morgan fingerprint density at radius 1 is 1.06 bits per heavy atom. The quantitative estimate of drug-likeness (QED) is 0.725. The van der Waals surface area contributed by atoms with Crippen LogP contribution in [-0.2, 0) is 6.54 Å². The van der Waals surface area contributed by atoms with Crippen molar-refractivity contribution in [3.8, 4) is 11.5 Å². The van der Waals surface area contributed by atoms with Gasteiger partial charge in [0.1, 0.15) is 11.6 Å². The van der Waals surface area contributed by atoms with Gasteiger partial charge in [-0.25, -0.2) is 4.39 Å². The molecular weight excluding hydrogens is 205 g/mol. The molecule has 0 radical (unpaired) electrons. The largest absolute Gasteiger partial charge is 0.455 e. The fourth-order valence-corrected chi connectivity index (χ4v) is 1.80. The van der Waals surface area contributed by atoms with Crippen molar-refractivity contribution < 1.29 is 9.13 Å². The lowest BCUT2D eigenvalue weighted by atomic mass is 10.2. The highest BCUT2D eigenvalue weighted by molar-refractivity contribution is 5.60. The van der Waals surface area contributed by atoms with E-state index in [9.17, 15) is 4.39 Å². The monoisotopic (exact) mass is 215 g/mol. The number of rotatable bonds is 0. The number of para-hydroxylation sites is 2. The number of ether oxygens (including phenoxy) is 1. The van der Waals surface area contributed by atoms with E-state index in [1.807, 2.05) is 24.3 Å². The van der Waals surface area contributed by atoms with Crippen molar-refractivity contribution in [2.45, 2.75) is 6.54 Å². The van der Waals surface area contributed by atoms with Crippen molar-refractivity contribution >= 4 is 5.69 Å². The summed E-state index contributed by atoms with van der Waals surface area (Å²) in [5.41, 5.74) is 1.76. The Bertz CT molecular complexity index is 539. The molecule has 2 aromatic carbocycles. The van der Waals surface area contributed by atoms with Gasteiger partial charge >= 0.3 is 0 Å². The Kier molecular flexibility index (Phi) is 2.03. The summed E-state index contributed by atoms with van der Waals surface area (Å²) >= 11 is 0. The molecular formula is C13H10FNO. The van der Waals surface area contributed by atoms with Crippen molar-refractivity contribution in [1.82, 2.24) is 0 Å². The first-order valence-corrected chi connectivity index (χ1v) is 5.12. The van der Waals surface area contributed by atoms with Gasteiger partial charge < -0.3 is 10.1 Å². The number of hydrogen-bond acceptors (Lipinski definition) is 2. The second-order valence-electron chi connectivity index (χ2n) is 3.70. The van der Waals surface area contributed by atoms with Crippen LogP contribution in [0.5, 0.6) is 11.5 Å². The first-order chi connectivity index (χ1) is 7.83. The van der Waals surface area contributed by atoms with Crippen LogP contribution in [0.3, 0.4) is 0 Å². The molecule has 3 heteroatoms. The van der Waals surface area contributed by atoms with E-state index < -0.39 is 0 Å². The Balaban J connectivity index is 2.08. The lowest BCUT2D eigenvalue weighted by molar-refractivity contribution is 0.481. The molecule has 1 aliphatic heterocycles. The Morgan fingerprint density at radius 2 is 1.94 bits per heavy atom. The van der Waals surface area contributed by atoms with Crippen molar-refractivity contribution in [3.63, 3.8) is 0 Å². The standard InChI is InChI=1S/C13H10FNO/c14-10-5-6-12-9(7-10)8-15-11-3-1-2-4-13(11)16-12/h1-7,15H,8H2. The maximum Gasteiger partial charge on any atom is 0.150 e. The van der Waals surface area contributed by atoms with Gasteiger partial charge in [-0.2, -0.15) is 0 Å². The summed E-state index contributed by atoms with van der Waals surface area (Å²) in [7, 11) is 0. The minimum absolute atomic E-state index is 0.241. The number of halogens is 1. The molecule has 80 valence electrons. The zero-order valence-corrected chi connectivity index (χ0v) is 8.53. The topological polar surface area (TPSA) is 21.3 Å². The SMILES string of the molecule is Fc1ccc2c(c1)CNc1ccccc1O2. The van der Waals surface area contributed by atoms with Crippen LogP contribution in [0, 0.1) is 5.82 Å². The number of benzene rings is 2. The molecule has 2 nitrogen and oxygen atoms in total. The maximum absolute atomic E-state index is 13.1. The number of anilines is 1. The van der Waals surface area contributed by atoms with Gasteiger partial charge in [-0.3, -0.25) is 0 Å². The highest BCUT2D eigenvalue weighted by Crippen LogP contribution is 2.35. The predicted molar refractivity (Wildman–Crippen MR) is 60.2 cm³/mol. The average Bonchev–Trinajstić information content (AvgIpc) is 2.48. The highest BCUT2D eigenvalue weighted by Gasteiger charge is 2.13. The minimum Gasteiger partial charge on any atom is -0.455 e. The first kappa shape index (κ1) is 9.21. The molecule has 0 spiro atoms. The van der Waals surface area contributed by atoms with Crippen LogP contribution in [0.1, 0.15) is 5.56 Å². The number of nitrogens with one attached hydrogen (secondary N) is 1. The minimum atomic E-state index is -0.241. The van der Waals surface area contributed by atoms with Crippen LogP contribution >= 0.6 is 0 Å². The normalized spacial score (nSPS) is 12.8. The first-order valence-electron chi connectivity index (χ1n) is 5.12. The summed E-state index contributed by atoms with van der Waals surface area (Å²) in [4.78, 5) is 0. The van der Waals surface area contributed by atoms with E-state index in [1.165, 1.54) is 12.1 Å². The van der Waals surface area contributed by atoms with Crippen molar-refractivity contribution in [1.29, 1.82) is 0 Å². The van der Waals surface area contributed by atoms with E-state index >= 15 is 0 Å². The number of hydrogen-bond donors (Lipinski definition) is 1. The van der Waals surface area contributed by atoms with Crippen molar-refractivity contribution in [2.24, 2.45) is 0 Å². The number of fused-ring (bicyclic) bond motifs is 2. The van der Waals surface area contributed by atoms with Gasteiger partial charge in [0.25, 0.3) is 0 Å².